The molecule has 2 nitrogen and oxygen atoms in total. The SMILES string of the molecule is Fc1ccc2c([C@H]3CCNC3)coc2c1. The molecule has 1 N–H and O–H groups in total. The van der Waals surface area contributed by atoms with Gasteiger partial charge in [-0.1, -0.05) is 0 Å². The van der Waals surface area contributed by atoms with E-state index in [2.05, 4.69) is 5.32 Å². The van der Waals surface area contributed by atoms with Crippen LogP contribution in [0.5, 0.6) is 0 Å². The fraction of sp³-hybridized carbons (Fsp3) is 0.333. The highest BCUT2D eigenvalue weighted by Crippen LogP contribution is 2.31. The molecule has 0 spiro atoms. The van der Waals surface area contributed by atoms with Crippen molar-refractivity contribution in [3.05, 3.63) is 35.8 Å². The normalized spacial score (nSPS) is 21.3. The smallest absolute Gasteiger partial charge is 0.137 e. The van der Waals surface area contributed by atoms with E-state index in [-0.39, 0.29) is 5.82 Å². The summed E-state index contributed by atoms with van der Waals surface area (Å²) in [5, 5.41) is 4.37. The van der Waals surface area contributed by atoms with Crippen molar-refractivity contribution >= 4 is 11.0 Å². The van der Waals surface area contributed by atoms with Gasteiger partial charge < -0.3 is 9.73 Å². The van der Waals surface area contributed by atoms with Crippen molar-refractivity contribution in [2.45, 2.75) is 12.3 Å². The number of hydrogen-bond donors (Lipinski definition) is 1. The molecule has 0 amide bonds. The molecule has 2 heterocycles. The molecule has 15 heavy (non-hydrogen) atoms. The van der Waals surface area contributed by atoms with Crippen molar-refractivity contribution in [1.29, 1.82) is 0 Å². The molecule has 0 bridgehead atoms. The lowest BCUT2D eigenvalue weighted by Gasteiger charge is -2.04. The zero-order chi connectivity index (χ0) is 10.3. The molecule has 1 fully saturated rings. The van der Waals surface area contributed by atoms with Gasteiger partial charge in [-0.25, -0.2) is 4.39 Å². The third kappa shape index (κ3) is 1.43. The summed E-state index contributed by atoms with van der Waals surface area (Å²) in [5.74, 6) is 0.268. The second kappa shape index (κ2) is 3.35. The van der Waals surface area contributed by atoms with Gasteiger partial charge in [0, 0.05) is 29.5 Å². The minimum absolute atomic E-state index is 0.243. The van der Waals surface area contributed by atoms with Gasteiger partial charge in [-0.15, -0.1) is 0 Å². The molecule has 78 valence electrons. The summed E-state index contributed by atoms with van der Waals surface area (Å²) in [6.07, 6.45) is 2.90. The van der Waals surface area contributed by atoms with Crippen LogP contribution in [0.25, 0.3) is 11.0 Å². The molecule has 3 rings (SSSR count). The Hall–Kier alpha value is -1.35. The van der Waals surface area contributed by atoms with Crippen molar-refractivity contribution in [1.82, 2.24) is 5.32 Å². The van der Waals surface area contributed by atoms with Gasteiger partial charge in [0.05, 0.1) is 6.26 Å². The largest absolute Gasteiger partial charge is 0.464 e. The van der Waals surface area contributed by atoms with Crippen molar-refractivity contribution in [2.75, 3.05) is 13.1 Å². The van der Waals surface area contributed by atoms with Crippen LogP contribution in [0.2, 0.25) is 0 Å². The maximum absolute atomic E-state index is 13.0. The molecule has 0 saturated carbocycles. The average Bonchev–Trinajstić information content (AvgIpc) is 2.82. The Morgan fingerprint density at radius 1 is 1.40 bits per heavy atom. The van der Waals surface area contributed by atoms with Gasteiger partial charge in [0.2, 0.25) is 0 Å². The zero-order valence-corrected chi connectivity index (χ0v) is 8.29. The molecule has 0 radical (unpaired) electrons. The zero-order valence-electron chi connectivity index (χ0n) is 8.29. The Kier molecular flexibility index (Phi) is 1.99. The first-order valence-corrected chi connectivity index (χ1v) is 5.22. The van der Waals surface area contributed by atoms with Crippen LogP contribution in [-0.2, 0) is 0 Å². The van der Waals surface area contributed by atoms with Gasteiger partial charge in [0.1, 0.15) is 11.4 Å². The molecular weight excluding hydrogens is 193 g/mol. The number of fused-ring (bicyclic) bond motifs is 1. The standard InChI is InChI=1S/C12H12FNO/c13-9-1-2-10-11(7-15-12(10)5-9)8-3-4-14-6-8/h1-2,5,7-8,14H,3-4,6H2/t8-/m0/s1. The van der Waals surface area contributed by atoms with Gasteiger partial charge in [-0.2, -0.15) is 0 Å². The molecule has 1 aliphatic rings. The van der Waals surface area contributed by atoms with Crippen LogP contribution in [0.3, 0.4) is 0 Å². The summed E-state index contributed by atoms with van der Waals surface area (Å²) >= 11 is 0. The van der Waals surface area contributed by atoms with Crippen LogP contribution in [-0.4, -0.2) is 13.1 Å². The van der Waals surface area contributed by atoms with E-state index >= 15 is 0 Å². The highest BCUT2D eigenvalue weighted by atomic mass is 19.1. The topological polar surface area (TPSA) is 25.2 Å². The summed E-state index contributed by atoms with van der Waals surface area (Å²) in [5.41, 5.74) is 1.85. The Balaban J connectivity index is 2.11. The quantitative estimate of drug-likeness (QED) is 0.774. The third-order valence-corrected chi connectivity index (χ3v) is 3.07. The van der Waals surface area contributed by atoms with E-state index in [1.165, 1.54) is 17.7 Å². The second-order valence-electron chi connectivity index (χ2n) is 4.02. The highest BCUT2D eigenvalue weighted by molar-refractivity contribution is 5.81. The number of benzene rings is 1. The van der Waals surface area contributed by atoms with Crippen molar-refractivity contribution < 1.29 is 8.81 Å². The first kappa shape index (κ1) is 8.92. The summed E-state index contributed by atoms with van der Waals surface area (Å²) in [4.78, 5) is 0. The molecule has 2 aromatic rings. The monoisotopic (exact) mass is 205 g/mol. The maximum Gasteiger partial charge on any atom is 0.137 e. The Morgan fingerprint density at radius 3 is 3.13 bits per heavy atom. The van der Waals surface area contributed by atoms with Gasteiger partial charge in [-0.3, -0.25) is 0 Å². The van der Waals surface area contributed by atoms with Crippen LogP contribution in [0.15, 0.2) is 28.9 Å². The van der Waals surface area contributed by atoms with Crippen LogP contribution in [0.4, 0.5) is 4.39 Å². The van der Waals surface area contributed by atoms with Crippen LogP contribution >= 0.6 is 0 Å². The Morgan fingerprint density at radius 2 is 2.33 bits per heavy atom. The van der Waals surface area contributed by atoms with Gasteiger partial charge in [-0.05, 0) is 25.1 Å². The van der Waals surface area contributed by atoms with Gasteiger partial charge in [0.25, 0.3) is 0 Å². The average molecular weight is 205 g/mol. The van der Waals surface area contributed by atoms with E-state index in [4.69, 9.17) is 4.42 Å². The fourth-order valence-electron chi connectivity index (χ4n) is 2.26. The molecule has 1 saturated heterocycles. The van der Waals surface area contributed by atoms with Crippen LogP contribution < -0.4 is 5.32 Å². The predicted octanol–water partition coefficient (Wildman–Crippen LogP) is 2.65. The summed E-state index contributed by atoms with van der Waals surface area (Å²) < 4.78 is 18.3. The summed E-state index contributed by atoms with van der Waals surface area (Å²) in [7, 11) is 0. The third-order valence-electron chi connectivity index (χ3n) is 3.07. The number of hydrogen-bond acceptors (Lipinski definition) is 2. The lowest BCUT2D eigenvalue weighted by atomic mass is 9.98. The van der Waals surface area contributed by atoms with Crippen molar-refractivity contribution in [3.8, 4) is 0 Å². The van der Waals surface area contributed by atoms with E-state index in [1.54, 1.807) is 6.26 Å². The molecule has 1 aromatic heterocycles. The second-order valence-corrected chi connectivity index (χ2v) is 4.02. The number of furan rings is 1. The maximum atomic E-state index is 13.0. The lowest BCUT2D eigenvalue weighted by Crippen LogP contribution is -2.07. The van der Waals surface area contributed by atoms with Crippen molar-refractivity contribution in [2.24, 2.45) is 0 Å². The predicted molar refractivity (Wildman–Crippen MR) is 56.4 cm³/mol. The van der Waals surface area contributed by atoms with Gasteiger partial charge in [0.15, 0.2) is 0 Å². The molecule has 1 atom stereocenters. The molecule has 1 aromatic carbocycles. The molecular formula is C12H12FNO. The van der Waals surface area contributed by atoms with E-state index in [1.807, 2.05) is 6.07 Å². The molecule has 1 aliphatic heterocycles. The highest BCUT2D eigenvalue weighted by Gasteiger charge is 2.20. The van der Waals surface area contributed by atoms with E-state index in [0.29, 0.717) is 11.5 Å². The van der Waals surface area contributed by atoms with E-state index < -0.39 is 0 Å². The van der Waals surface area contributed by atoms with E-state index in [9.17, 15) is 4.39 Å². The number of nitrogens with one attached hydrogen (secondary N) is 1. The van der Waals surface area contributed by atoms with Crippen LogP contribution in [0.1, 0.15) is 17.9 Å². The Bertz CT molecular complexity index is 485. The number of rotatable bonds is 1. The fourth-order valence-corrected chi connectivity index (χ4v) is 2.26. The van der Waals surface area contributed by atoms with Crippen LogP contribution in [0, 0.1) is 5.82 Å². The summed E-state index contributed by atoms with van der Waals surface area (Å²) in [6, 6.07) is 4.74. The molecule has 3 heteroatoms. The minimum atomic E-state index is -0.243. The Labute approximate surface area is 87.1 Å². The first-order chi connectivity index (χ1) is 7.34. The number of halogens is 1. The minimum Gasteiger partial charge on any atom is -0.464 e. The molecule has 0 aliphatic carbocycles. The summed E-state index contributed by atoms with van der Waals surface area (Å²) in [6.45, 7) is 2.05. The first-order valence-electron chi connectivity index (χ1n) is 5.22. The van der Waals surface area contributed by atoms with Gasteiger partial charge >= 0.3 is 0 Å². The van der Waals surface area contributed by atoms with Crippen molar-refractivity contribution in [3.63, 3.8) is 0 Å². The molecule has 0 unspecified atom stereocenters. The van der Waals surface area contributed by atoms with E-state index in [0.717, 1.165) is 24.9 Å². The lowest BCUT2D eigenvalue weighted by molar-refractivity contribution is 0.591.